The van der Waals surface area contributed by atoms with Crippen LogP contribution >= 0.6 is 0 Å². The lowest BCUT2D eigenvalue weighted by Crippen LogP contribution is -2.47. The molecule has 0 bridgehead atoms. The first-order valence-corrected chi connectivity index (χ1v) is 6.25. The summed E-state index contributed by atoms with van der Waals surface area (Å²) >= 11 is 0. The number of carbonyl (C=O) groups is 1. The fourth-order valence-corrected chi connectivity index (χ4v) is 2.21. The summed E-state index contributed by atoms with van der Waals surface area (Å²) in [4.78, 5) is 14.1. The largest absolute Gasteiger partial charge is 0.336 e. The third-order valence-electron chi connectivity index (χ3n) is 3.35. The number of likely N-dealkylation sites (tertiary alicyclic amines) is 1. The second kappa shape index (κ2) is 5.31. The molecule has 1 saturated heterocycles. The van der Waals surface area contributed by atoms with E-state index in [0.29, 0.717) is 11.7 Å². The zero-order valence-electron chi connectivity index (χ0n) is 10.5. The van der Waals surface area contributed by atoms with Crippen LogP contribution in [-0.2, 0) is 6.42 Å². The van der Waals surface area contributed by atoms with Crippen molar-refractivity contribution >= 4 is 5.91 Å². The highest BCUT2D eigenvalue weighted by Gasteiger charge is 2.24. The average Bonchev–Trinajstić information content (AvgIpc) is 2.86. The molecule has 5 nitrogen and oxygen atoms in total. The predicted molar refractivity (Wildman–Crippen MR) is 66.0 cm³/mol. The molecule has 1 aromatic rings. The van der Waals surface area contributed by atoms with Crippen molar-refractivity contribution in [3.8, 4) is 0 Å². The first-order chi connectivity index (χ1) is 8.24. The summed E-state index contributed by atoms with van der Waals surface area (Å²) < 4.78 is 0. The van der Waals surface area contributed by atoms with Crippen molar-refractivity contribution in [1.82, 2.24) is 20.4 Å². The predicted octanol–water partition coefficient (Wildman–Crippen LogP) is 0.796. The van der Waals surface area contributed by atoms with Gasteiger partial charge in [0.2, 0.25) is 0 Å². The van der Waals surface area contributed by atoms with E-state index < -0.39 is 0 Å². The standard InChI is InChI=1S/C12H20N4O/c1-3-9-7-11(15-14-9)12(17)16-6-4-5-10(8-16)13-2/h7,10,13H,3-6,8H2,1-2H3,(H,14,15)/t10-/m1/s1. The molecule has 0 radical (unpaired) electrons. The minimum atomic E-state index is 0.0425. The van der Waals surface area contributed by atoms with Gasteiger partial charge in [-0.25, -0.2) is 0 Å². The van der Waals surface area contributed by atoms with Crippen LogP contribution in [0.3, 0.4) is 0 Å². The van der Waals surface area contributed by atoms with E-state index in [1.807, 2.05) is 24.9 Å². The van der Waals surface area contributed by atoms with Gasteiger partial charge in [0.15, 0.2) is 0 Å². The van der Waals surface area contributed by atoms with E-state index in [1.165, 1.54) is 0 Å². The number of aromatic amines is 1. The Bertz CT molecular complexity index is 388. The molecule has 1 amide bonds. The number of aromatic nitrogens is 2. The van der Waals surface area contributed by atoms with E-state index >= 15 is 0 Å². The zero-order valence-corrected chi connectivity index (χ0v) is 10.5. The van der Waals surface area contributed by atoms with E-state index in [4.69, 9.17) is 0 Å². The Balaban J connectivity index is 2.03. The summed E-state index contributed by atoms with van der Waals surface area (Å²) in [5.41, 5.74) is 1.55. The minimum absolute atomic E-state index is 0.0425. The fourth-order valence-electron chi connectivity index (χ4n) is 2.21. The lowest BCUT2D eigenvalue weighted by Gasteiger charge is -2.32. The van der Waals surface area contributed by atoms with Crippen molar-refractivity contribution in [2.24, 2.45) is 0 Å². The van der Waals surface area contributed by atoms with Gasteiger partial charge in [0.1, 0.15) is 5.69 Å². The summed E-state index contributed by atoms with van der Waals surface area (Å²) in [6.45, 7) is 3.66. The van der Waals surface area contributed by atoms with Crippen LogP contribution < -0.4 is 5.32 Å². The Kier molecular flexibility index (Phi) is 3.78. The second-order valence-corrected chi connectivity index (χ2v) is 4.51. The van der Waals surface area contributed by atoms with Gasteiger partial charge in [-0.1, -0.05) is 6.92 Å². The zero-order chi connectivity index (χ0) is 12.3. The number of H-pyrrole nitrogens is 1. The lowest BCUT2D eigenvalue weighted by molar-refractivity contribution is 0.0692. The number of amides is 1. The summed E-state index contributed by atoms with van der Waals surface area (Å²) in [6.07, 6.45) is 3.07. The van der Waals surface area contributed by atoms with Gasteiger partial charge in [-0.2, -0.15) is 5.10 Å². The van der Waals surface area contributed by atoms with Gasteiger partial charge in [-0.3, -0.25) is 9.89 Å². The summed E-state index contributed by atoms with van der Waals surface area (Å²) in [5.74, 6) is 0.0425. The second-order valence-electron chi connectivity index (χ2n) is 4.51. The SMILES string of the molecule is CCc1cc(C(=O)N2CCC[C@@H](NC)C2)n[nH]1. The number of hydrogen-bond donors (Lipinski definition) is 2. The molecule has 0 saturated carbocycles. The van der Waals surface area contributed by atoms with Crippen molar-refractivity contribution in [2.75, 3.05) is 20.1 Å². The van der Waals surface area contributed by atoms with Crippen LogP contribution in [0, 0.1) is 0 Å². The Hall–Kier alpha value is -1.36. The quantitative estimate of drug-likeness (QED) is 0.816. The molecular weight excluding hydrogens is 216 g/mol. The monoisotopic (exact) mass is 236 g/mol. The lowest BCUT2D eigenvalue weighted by atomic mass is 10.1. The van der Waals surface area contributed by atoms with Crippen LogP contribution in [0.15, 0.2) is 6.07 Å². The number of hydrogen-bond acceptors (Lipinski definition) is 3. The summed E-state index contributed by atoms with van der Waals surface area (Å²) in [5, 5.41) is 10.2. The molecule has 0 aliphatic carbocycles. The van der Waals surface area contributed by atoms with Gasteiger partial charge < -0.3 is 10.2 Å². The van der Waals surface area contributed by atoms with Gasteiger partial charge >= 0.3 is 0 Å². The molecule has 94 valence electrons. The molecular formula is C12H20N4O. The molecule has 17 heavy (non-hydrogen) atoms. The van der Waals surface area contributed by atoms with Crippen LogP contribution in [0.5, 0.6) is 0 Å². The third-order valence-corrected chi connectivity index (χ3v) is 3.35. The van der Waals surface area contributed by atoms with Crippen molar-refractivity contribution < 1.29 is 4.79 Å². The van der Waals surface area contributed by atoms with E-state index in [-0.39, 0.29) is 5.91 Å². The molecule has 1 fully saturated rings. The van der Waals surface area contributed by atoms with Gasteiger partial charge in [-0.05, 0) is 32.4 Å². The molecule has 0 unspecified atom stereocenters. The maximum absolute atomic E-state index is 12.2. The number of likely N-dealkylation sites (N-methyl/N-ethyl adjacent to an activating group) is 1. The van der Waals surface area contributed by atoms with Crippen molar-refractivity contribution in [1.29, 1.82) is 0 Å². The number of rotatable bonds is 3. The van der Waals surface area contributed by atoms with Crippen LogP contribution in [0.1, 0.15) is 35.9 Å². The van der Waals surface area contributed by atoms with Crippen LogP contribution in [-0.4, -0.2) is 47.2 Å². The van der Waals surface area contributed by atoms with E-state index in [9.17, 15) is 4.79 Å². The van der Waals surface area contributed by atoms with Crippen LogP contribution in [0.4, 0.5) is 0 Å². The van der Waals surface area contributed by atoms with Crippen molar-refractivity contribution in [2.45, 2.75) is 32.2 Å². The van der Waals surface area contributed by atoms with Crippen molar-refractivity contribution in [3.05, 3.63) is 17.5 Å². The van der Waals surface area contributed by atoms with Gasteiger partial charge in [0.25, 0.3) is 5.91 Å². The number of nitrogens with zero attached hydrogens (tertiary/aromatic N) is 2. The molecule has 0 spiro atoms. The number of nitrogens with one attached hydrogen (secondary N) is 2. The molecule has 0 aromatic carbocycles. The number of piperidine rings is 1. The molecule has 2 N–H and O–H groups in total. The van der Waals surface area contributed by atoms with E-state index in [2.05, 4.69) is 15.5 Å². The molecule has 1 atom stereocenters. The van der Waals surface area contributed by atoms with E-state index in [0.717, 1.165) is 38.0 Å². The van der Waals surface area contributed by atoms with Gasteiger partial charge in [0, 0.05) is 24.8 Å². The van der Waals surface area contributed by atoms with Crippen LogP contribution in [0.2, 0.25) is 0 Å². The Labute approximate surface area is 102 Å². The highest BCUT2D eigenvalue weighted by molar-refractivity contribution is 5.92. The third kappa shape index (κ3) is 2.66. The van der Waals surface area contributed by atoms with Crippen LogP contribution in [0.25, 0.3) is 0 Å². The maximum Gasteiger partial charge on any atom is 0.274 e. The van der Waals surface area contributed by atoms with Crippen molar-refractivity contribution in [3.63, 3.8) is 0 Å². The number of carbonyl (C=O) groups excluding carboxylic acids is 1. The Morgan fingerprint density at radius 1 is 1.71 bits per heavy atom. The molecule has 2 rings (SSSR count). The molecule has 1 aliphatic rings. The number of aryl methyl sites for hydroxylation is 1. The maximum atomic E-state index is 12.2. The summed E-state index contributed by atoms with van der Waals surface area (Å²) in [6, 6.07) is 2.27. The molecule has 1 aromatic heterocycles. The van der Waals surface area contributed by atoms with Gasteiger partial charge in [-0.15, -0.1) is 0 Å². The Morgan fingerprint density at radius 2 is 2.53 bits per heavy atom. The first-order valence-electron chi connectivity index (χ1n) is 6.25. The normalized spacial score (nSPS) is 20.6. The molecule has 1 aliphatic heterocycles. The molecule has 2 heterocycles. The topological polar surface area (TPSA) is 61.0 Å². The molecule has 5 heteroatoms. The Morgan fingerprint density at radius 3 is 3.18 bits per heavy atom. The summed E-state index contributed by atoms with van der Waals surface area (Å²) in [7, 11) is 1.95. The smallest absolute Gasteiger partial charge is 0.274 e. The van der Waals surface area contributed by atoms with Gasteiger partial charge in [0.05, 0.1) is 0 Å². The highest BCUT2D eigenvalue weighted by Crippen LogP contribution is 2.13. The average molecular weight is 236 g/mol. The minimum Gasteiger partial charge on any atom is -0.336 e. The van der Waals surface area contributed by atoms with E-state index in [1.54, 1.807) is 0 Å². The highest BCUT2D eigenvalue weighted by atomic mass is 16.2. The first kappa shape index (κ1) is 12.1. The fraction of sp³-hybridized carbons (Fsp3) is 0.667.